The van der Waals surface area contributed by atoms with E-state index in [1.807, 2.05) is 19.3 Å². The molecule has 4 rings (SSSR count). The van der Waals surface area contributed by atoms with Crippen LogP contribution >= 0.6 is 0 Å². The highest BCUT2D eigenvalue weighted by atomic mass is 16.7. The number of piperidine rings is 1. The van der Waals surface area contributed by atoms with E-state index < -0.39 is 0 Å². The Balaban J connectivity index is 1.33. The summed E-state index contributed by atoms with van der Waals surface area (Å²) in [5.74, 6) is 2.92. The van der Waals surface area contributed by atoms with Gasteiger partial charge >= 0.3 is 0 Å². The highest BCUT2D eigenvalue weighted by Gasteiger charge is 2.47. The highest BCUT2D eigenvalue weighted by Crippen LogP contribution is 2.46. The van der Waals surface area contributed by atoms with Gasteiger partial charge in [0, 0.05) is 0 Å². The average Bonchev–Trinajstić information content (AvgIpc) is 2.88. The summed E-state index contributed by atoms with van der Waals surface area (Å²) in [5, 5.41) is 2.20. The lowest BCUT2D eigenvalue weighted by atomic mass is 9.72. The first kappa shape index (κ1) is 27.8. The molecular weight excluding hydrogens is 454 g/mol. The van der Waals surface area contributed by atoms with E-state index in [-0.39, 0.29) is 11.1 Å². The second kappa shape index (κ2) is 12.1. The molecule has 0 unspecified atom stereocenters. The number of unbranched alkanes of at least 4 members (excludes halogenated alkanes) is 1. The average molecular weight is 504 g/mol. The van der Waals surface area contributed by atoms with E-state index in [4.69, 9.17) is 9.57 Å². The number of benzene rings is 2. The summed E-state index contributed by atoms with van der Waals surface area (Å²) in [7, 11) is 0. The Labute approximate surface area is 226 Å². The van der Waals surface area contributed by atoms with Gasteiger partial charge in [0.25, 0.3) is 0 Å². The monoisotopic (exact) mass is 503 g/mol. The molecule has 37 heavy (non-hydrogen) atoms. The van der Waals surface area contributed by atoms with E-state index >= 15 is 0 Å². The smallest absolute Gasteiger partial charge is 0.119 e. The summed E-state index contributed by atoms with van der Waals surface area (Å²) < 4.78 is 5.85. The standard InChI is InChI=1S/C34H49NO2/c1-7-9-23-36-32-20-18-29(19-21-32)28-12-10-26(11-13-28)27-14-16-30(17-15-27)31-24-33(3,4)35(37-22-8-2)34(5,6)25-31/h8,14-22,26,28,31H,7,9-13,23-25H2,1-6H3/b22-8+. The maximum atomic E-state index is 6.06. The largest absolute Gasteiger partial charge is 0.494 e. The molecule has 202 valence electrons. The van der Waals surface area contributed by atoms with Gasteiger partial charge in [0.2, 0.25) is 0 Å². The molecule has 3 heteroatoms. The molecule has 0 bridgehead atoms. The van der Waals surface area contributed by atoms with Crippen LogP contribution in [0.3, 0.4) is 0 Å². The van der Waals surface area contributed by atoms with Gasteiger partial charge in [-0.25, -0.2) is 0 Å². The highest BCUT2D eigenvalue weighted by molar-refractivity contribution is 5.32. The molecule has 3 nitrogen and oxygen atoms in total. The van der Waals surface area contributed by atoms with Crippen molar-refractivity contribution in [2.75, 3.05) is 6.61 Å². The van der Waals surface area contributed by atoms with Crippen molar-refractivity contribution < 1.29 is 9.57 Å². The third-order valence-electron chi connectivity index (χ3n) is 8.62. The Hall–Kier alpha value is -2.26. The van der Waals surface area contributed by atoms with Gasteiger partial charge in [-0.05, 0) is 126 Å². The van der Waals surface area contributed by atoms with Gasteiger partial charge in [0.05, 0.1) is 17.7 Å². The lowest BCUT2D eigenvalue weighted by molar-refractivity contribution is -0.249. The number of hydrogen-bond acceptors (Lipinski definition) is 3. The number of hydroxylamine groups is 2. The fourth-order valence-electron chi connectivity index (χ4n) is 6.88. The first-order chi connectivity index (χ1) is 17.7. The lowest BCUT2D eigenvalue weighted by Gasteiger charge is -2.53. The third-order valence-corrected chi connectivity index (χ3v) is 8.62. The van der Waals surface area contributed by atoms with Crippen LogP contribution in [0.5, 0.6) is 5.75 Å². The van der Waals surface area contributed by atoms with Gasteiger partial charge < -0.3 is 9.57 Å². The lowest BCUT2D eigenvalue weighted by Crippen LogP contribution is -2.59. The topological polar surface area (TPSA) is 21.7 Å². The SMILES string of the molecule is C/C=C/ON1C(C)(C)CC(c2ccc(C3CCC(c4ccc(OCCCC)cc4)CC3)cc2)CC1(C)C. The van der Waals surface area contributed by atoms with E-state index in [1.165, 1.54) is 48.8 Å². The molecule has 2 aliphatic rings. The summed E-state index contributed by atoms with van der Waals surface area (Å²) in [6.07, 6.45) is 13.4. The summed E-state index contributed by atoms with van der Waals surface area (Å²) in [5.41, 5.74) is 4.43. The molecule has 0 radical (unpaired) electrons. The Morgan fingerprint density at radius 2 is 1.22 bits per heavy atom. The van der Waals surface area contributed by atoms with Crippen molar-refractivity contribution in [1.82, 2.24) is 5.06 Å². The predicted molar refractivity (Wildman–Crippen MR) is 155 cm³/mol. The van der Waals surface area contributed by atoms with E-state index in [0.717, 1.165) is 31.6 Å². The minimum Gasteiger partial charge on any atom is -0.494 e. The van der Waals surface area contributed by atoms with Gasteiger partial charge in [0.15, 0.2) is 0 Å². The zero-order valence-electron chi connectivity index (χ0n) is 24.1. The second-order valence-corrected chi connectivity index (χ2v) is 12.6. The normalized spacial score (nSPS) is 24.3. The zero-order valence-corrected chi connectivity index (χ0v) is 24.1. The van der Waals surface area contributed by atoms with E-state index in [2.05, 4.69) is 88.2 Å². The van der Waals surface area contributed by atoms with Crippen LogP contribution < -0.4 is 4.74 Å². The molecular formula is C34H49NO2. The molecule has 2 aromatic rings. The van der Waals surface area contributed by atoms with Crippen LogP contribution in [0.25, 0.3) is 0 Å². The fourth-order valence-corrected chi connectivity index (χ4v) is 6.88. The van der Waals surface area contributed by atoms with Crippen LogP contribution in [0, 0.1) is 0 Å². The van der Waals surface area contributed by atoms with Crippen molar-refractivity contribution in [2.24, 2.45) is 0 Å². The molecule has 1 saturated heterocycles. The summed E-state index contributed by atoms with van der Waals surface area (Å²) >= 11 is 0. The van der Waals surface area contributed by atoms with Crippen molar-refractivity contribution in [2.45, 2.75) is 122 Å². The van der Waals surface area contributed by atoms with Crippen molar-refractivity contribution in [3.63, 3.8) is 0 Å². The molecule has 0 N–H and O–H groups in total. The molecule has 0 aromatic heterocycles. The maximum Gasteiger partial charge on any atom is 0.119 e. The molecule has 0 spiro atoms. The maximum absolute atomic E-state index is 6.06. The van der Waals surface area contributed by atoms with E-state index in [9.17, 15) is 0 Å². The third kappa shape index (κ3) is 6.79. The Bertz CT molecular complexity index is 979. The van der Waals surface area contributed by atoms with Crippen molar-refractivity contribution in [3.8, 4) is 5.75 Å². The number of allylic oxidation sites excluding steroid dienone is 1. The molecule has 2 aromatic carbocycles. The van der Waals surface area contributed by atoms with Gasteiger partial charge in [-0.2, -0.15) is 0 Å². The van der Waals surface area contributed by atoms with Crippen LogP contribution in [-0.2, 0) is 4.84 Å². The molecule has 0 atom stereocenters. The van der Waals surface area contributed by atoms with Crippen LogP contribution in [-0.4, -0.2) is 22.7 Å². The molecule has 1 heterocycles. The van der Waals surface area contributed by atoms with Crippen molar-refractivity contribution in [1.29, 1.82) is 0 Å². The van der Waals surface area contributed by atoms with Crippen LogP contribution in [0.15, 0.2) is 60.9 Å². The quantitative estimate of drug-likeness (QED) is 0.251. The number of rotatable bonds is 9. The van der Waals surface area contributed by atoms with Gasteiger partial charge in [-0.1, -0.05) is 55.8 Å². The van der Waals surface area contributed by atoms with Crippen LogP contribution in [0.1, 0.15) is 127 Å². The Morgan fingerprint density at radius 3 is 1.68 bits per heavy atom. The molecule has 1 aliphatic carbocycles. The minimum absolute atomic E-state index is 0.0250. The first-order valence-corrected chi connectivity index (χ1v) is 14.6. The van der Waals surface area contributed by atoms with E-state index in [1.54, 1.807) is 0 Å². The molecule has 2 fully saturated rings. The van der Waals surface area contributed by atoms with Crippen LogP contribution in [0.4, 0.5) is 0 Å². The minimum atomic E-state index is -0.0250. The van der Waals surface area contributed by atoms with Gasteiger partial charge in [-0.3, -0.25) is 0 Å². The first-order valence-electron chi connectivity index (χ1n) is 14.6. The van der Waals surface area contributed by atoms with Gasteiger partial charge in [0.1, 0.15) is 12.0 Å². The summed E-state index contributed by atoms with van der Waals surface area (Å²) in [6.45, 7) is 14.3. The van der Waals surface area contributed by atoms with Crippen LogP contribution in [0.2, 0.25) is 0 Å². The van der Waals surface area contributed by atoms with Gasteiger partial charge in [-0.15, -0.1) is 5.06 Å². The fraction of sp³-hybridized carbons (Fsp3) is 0.588. The summed E-state index contributed by atoms with van der Waals surface area (Å²) in [6, 6.07) is 18.6. The second-order valence-electron chi connectivity index (χ2n) is 12.6. The predicted octanol–water partition coefficient (Wildman–Crippen LogP) is 9.51. The van der Waals surface area contributed by atoms with Crippen molar-refractivity contribution >= 4 is 0 Å². The number of ether oxygens (including phenoxy) is 1. The Morgan fingerprint density at radius 1 is 0.757 bits per heavy atom. The molecule has 1 saturated carbocycles. The molecule has 0 amide bonds. The Kier molecular flexibility index (Phi) is 9.06. The van der Waals surface area contributed by atoms with E-state index in [0.29, 0.717) is 17.8 Å². The number of nitrogens with zero attached hydrogens (tertiary/aromatic N) is 1. The zero-order chi connectivity index (χ0) is 26.5. The number of hydrogen-bond donors (Lipinski definition) is 0. The summed E-state index contributed by atoms with van der Waals surface area (Å²) in [4.78, 5) is 6.06. The molecule has 1 aliphatic heterocycles. The van der Waals surface area contributed by atoms with Crippen molar-refractivity contribution in [3.05, 3.63) is 77.6 Å².